The number of nitrogens with one attached hydrogen (secondary N) is 1. The zero-order valence-corrected chi connectivity index (χ0v) is 25.7. The van der Waals surface area contributed by atoms with E-state index in [1.165, 1.54) is 35.2 Å². The molecule has 41 heavy (non-hydrogen) atoms. The van der Waals surface area contributed by atoms with Gasteiger partial charge >= 0.3 is 0 Å². The normalized spacial score (nSPS) is 12.2. The summed E-state index contributed by atoms with van der Waals surface area (Å²) in [5.41, 5.74) is 0.936. The van der Waals surface area contributed by atoms with Crippen LogP contribution >= 0.6 is 23.2 Å². The van der Waals surface area contributed by atoms with Crippen molar-refractivity contribution in [2.45, 2.75) is 51.6 Å². The van der Waals surface area contributed by atoms with E-state index in [1.54, 1.807) is 37.3 Å². The monoisotopic (exact) mass is 621 g/mol. The van der Waals surface area contributed by atoms with Crippen molar-refractivity contribution in [3.63, 3.8) is 0 Å². The molecule has 0 radical (unpaired) electrons. The average molecular weight is 623 g/mol. The second-order valence-corrected chi connectivity index (χ2v) is 12.7. The lowest BCUT2D eigenvalue weighted by molar-refractivity contribution is -0.140. The zero-order valence-electron chi connectivity index (χ0n) is 23.4. The van der Waals surface area contributed by atoms with E-state index in [2.05, 4.69) is 5.32 Å². The average Bonchev–Trinajstić information content (AvgIpc) is 2.92. The van der Waals surface area contributed by atoms with Crippen molar-refractivity contribution in [3.8, 4) is 0 Å². The Labute approximate surface area is 251 Å². The highest BCUT2D eigenvalue weighted by molar-refractivity contribution is 7.92. The van der Waals surface area contributed by atoms with Gasteiger partial charge in [0.2, 0.25) is 11.8 Å². The van der Waals surface area contributed by atoms with E-state index in [0.717, 1.165) is 15.9 Å². The van der Waals surface area contributed by atoms with Crippen LogP contribution in [0.25, 0.3) is 0 Å². The van der Waals surface area contributed by atoms with E-state index in [-0.39, 0.29) is 39.5 Å². The first-order valence-corrected chi connectivity index (χ1v) is 15.4. The van der Waals surface area contributed by atoms with Crippen LogP contribution in [-0.2, 0) is 26.2 Å². The Kier molecular flexibility index (Phi) is 11.2. The van der Waals surface area contributed by atoms with E-state index in [9.17, 15) is 18.0 Å². The maximum Gasteiger partial charge on any atom is 0.264 e. The maximum atomic E-state index is 15.1. The largest absolute Gasteiger partial charge is 0.354 e. The van der Waals surface area contributed by atoms with Crippen LogP contribution in [0.5, 0.6) is 0 Å². The number of sulfonamides is 1. The Morgan fingerprint density at radius 3 is 2.12 bits per heavy atom. The number of aryl methyl sites for hydroxylation is 1. The van der Waals surface area contributed by atoms with E-state index in [4.69, 9.17) is 23.2 Å². The van der Waals surface area contributed by atoms with Crippen LogP contribution in [0.3, 0.4) is 0 Å². The summed E-state index contributed by atoms with van der Waals surface area (Å²) in [4.78, 5) is 28.5. The lowest BCUT2D eigenvalue weighted by atomic mass is 10.1. The van der Waals surface area contributed by atoms with Crippen molar-refractivity contribution in [2.24, 2.45) is 5.92 Å². The number of carbonyl (C=O) groups is 2. The first-order valence-electron chi connectivity index (χ1n) is 13.2. The molecular weight excluding hydrogens is 588 g/mol. The predicted molar refractivity (Wildman–Crippen MR) is 161 cm³/mol. The number of benzene rings is 3. The number of rotatable bonds is 12. The fourth-order valence-electron chi connectivity index (χ4n) is 4.20. The highest BCUT2D eigenvalue weighted by Gasteiger charge is 2.35. The van der Waals surface area contributed by atoms with Crippen molar-refractivity contribution >= 4 is 50.7 Å². The molecule has 0 aromatic heterocycles. The summed E-state index contributed by atoms with van der Waals surface area (Å²) in [6.45, 7) is 6.88. The van der Waals surface area contributed by atoms with Gasteiger partial charge in [0.1, 0.15) is 18.4 Å². The molecule has 0 fully saturated rings. The Hall–Kier alpha value is -3.14. The minimum atomic E-state index is -4.39. The van der Waals surface area contributed by atoms with Crippen LogP contribution in [0.4, 0.5) is 10.1 Å². The molecule has 1 atom stereocenters. The van der Waals surface area contributed by atoms with Crippen molar-refractivity contribution < 1.29 is 22.4 Å². The van der Waals surface area contributed by atoms with E-state index >= 15 is 4.39 Å². The van der Waals surface area contributed by atoms with Crippen molar-refractivity contribution in [1.82, 2.24) is 10.2 Å². The van der Waals surface area contributed by atoms with Gasteiger partial charge in [-0.05, 0) is 55.7 Å². The van der Waals surface area contributed by atoms with Gasteiger partial charge in [-0.25, -0.2) is 12.8 Å². The topological polar surface area (TPSA) is 86.8 Å². The Morgan fingerprint density at radius 1 is 0.951 bits per heavy atom. The fraction of sp³-hybridized carbons (Fsp3) is 0.333. The van der Waals surface area contributed by atoms with Gasteiger partial charge in [0.25, 0.3) is 10.0 Å². The quantitative estimate of drug-likeness (QED) is 0.260. The van der Waals surface area contributed by atoms with E-state index < -0.39 is 40.2 Å². The molecular formula is C30H34Cl2FN3O4S. The van der Waals surface area contributed by atoms with E-state index in [0.29, 0.717) is 12.1 Å². The van der Waals surface area contributed by atoms with Gasteiger partial charge in [-0.1, -0.05) is 79.9 Å². The number of amides is 2. The number of nitrogens with zero attached hydrogens (tertiary/aromatic N) is 2. The molecule has 220 valence electrons. The van der Waals surface area contributed by atoms with Gasteiger partial charge < -0.3 is 10.2 Å². The molecule has 1 N–H and O–H groups in total. The number of carbonyl (C=O) groups excluding carboxylic acids is 2. The molecule has 0 aliphatic rings. The minimum Gasteiger partial charge on any atom is -0.354 e. The summed E-state index contributed by atoms with van der Waals surface area (Å²) in [6, 6.07) is 15.3. The molecule has 11 heteroatoms. The molecule has 0 saturated carbocycles. The third-order valence-electron chi connectivity index (χ3n) is 6.47. The van der Waals surface area contributed by atoms with Gasteiger partial charge in [-0.2, -0.15) is 0 Å². The fourth-order valence-corrected chi connectivity index (χ4v) is 6.14. The SMILES string of the molecule is CC[C@H](C(=O)NCC(C)C)N(Cc1c(Cl)cccc1Cl)C(=O)CN(c1ccccc1F)S(=O)(=O)c1ccc(C)cc1. The highest BCUT2D eigenvalue weighted by Crippen LogP contribution is 2.29. The molecule has 0 unspecified atom stereocenters. The van der Waals surface area contributed by atoms with Gasteiger partial charge in [-0.15, -0.1) is 0 Å². The molecule has 0 bridgehead atoms. The van der Waals surface area contributed by atoms with Gasteiger partial charge in [-0.3, -0.25) is 13.9 Å². The second-order valence-electron chi connectivity index (χ2n) is 10.1. The maximum absolute atomic E-state index is 15.1. The van der Waals surface area contributed by atoms with Crippen LogP contribution in [0.15, 0.2) is 71.6 Å². The summed E-state index contributed by atoms with van der Waals surface area (Å²) in [7, 11) is -4.39. The highest BCUT2D eigenvalue weighted by atomic mass is 35.5. The number of anilines is 1. The van der Waals surface area contributed by atoms with Crippen LogP contribution in [-0.4, -0.2) is 44.3 Å². The first kappa shape index (κ1) is 32.4. The van der Waals surface area contributed by atoms with Gasteiger partial charge in [0, 0.05) is 28.7 Å². The Balaban J connectivity index is 2.10. The Bertz CT molecular complexity index is 1460. The third-order valence-corrected chi connectivity index (χ3v) is 8.95. The summed E-state index contributed by atoms with van der Waals surface area (Å²) >= 11 is 12.8. The molecule has 3 aromatic carbocycles. The van der Waals surface area contributed by atoms with Crippen LogP contribution < -0.4 is 9.62 Å². The Morgan fingerprint density at radius 2 is 1.56 bits per heavy atom. The number of hydrogen-bond donors (Lipinski definition) is 1. The minimum absolute atomic E-state index is 0.110. The summed E-state index contributed by atoms with van der Waals surface area (Å²) in [5.74, 6) is -1.80. The van der Waals surface area contributed by atoms with Crippen molar-refractivity contribution in [1.29, 1.82) is 0 Å². The summed E-state index contributed by atoms with van der Waals surface area (Å²) in [6.07, 6.45) is 0.224. The number of para-hydroxylation sites is 1. The zero-order chi connectivity index (χ0) is 30.3. The number of hydrogen-bond acceptors (Lipinski definition) is 4. The molecule has 3 aromatic rings. The van der Waals surface area contributed by atoms with Crippen LogP contribution in [0.1, 0.15) is 38.3 Å². The van der Waals surface area contributed by atoms with Crippen LogP contribution in [0, 0.1) is 18.7 Å². The lowest BCUT2D eigenvalue weighted by Gasteiger charge is -2.33. The molecule has 7 nitrogen and oxygen atoms in total. The van der Waals surface area contributed by atoms with Gasteiger partial charge in [0.05, 0.1) is 10.6 Å². The third kappa shape index (κ3) is 7.99. The van der Waals surface area contributed by atoms with Crippen molar-refractivity contribution in [2.75, 3.05) is 17.4 Å². The molecule has 0 spiro atoms. The molecule has 0 aliphatic carbocycles. The smallest absolute Gasteiger partial charge is 0.264 e. The molecule has 3 rings (SSSR count). The van der Waals surface area contributed by atoms with Crippen LogP contribution in [0.2, 0.25) is 10.0 Å². The standard InChI is InChI=1S/C30H34Cl2FN3O4S/c1-5-27(30(38)34-17-20(2)3)35(18-23-24(31)9-8-10-25(23)32)29(37)19-36(28-12-7-6-11-26(28)33)41(39,40)22-15-13-21(4)14-16-22/h6-16,20,27H,5,17-19H2,1-4H3,(H,34,38)/t27-/m1/s1. The first-order chi connectivity index (χ1) is 19.4. The lowest BCUT2D eigenvalue weighted by Crippen LogP contribution is -2.52. The summed E-state index contributed by atoms with van der Waals surface area (Å²) in [5, 5.41) is 3.41. The second kappa shape index (κ2) is 14.2. The molecule has 0 aliphatic heterocycles. The van der Waals surface area contributed by atoms with Gasteiger partial charge in [0.15, 0.2) is 0 Å². The van der Waals surface area contributed by atoms with Crippen molar-refractivity contribution in [3.05, 3.63) is 93.7 Å². The molecule has 0 saturated heterocycles. The predicted octanol–water partition coefficient (Wildman–Crippen LogP) is 6.22. The molecule has 2 amide bonds. The number of halogens is 3. The van der Waals surface area contributed by atoms with E-state index in [1.807, 2.05) is 20.8 Å². The summed E-state index contributed by atoms with van der Waals surface area (Å²) < 4.78 is 43.5. The molecule has 0 heterocycles.